The van der Waals surface area contributed by atoms with Gasteiger partial charge in [-0.2, -0.15) is 0 Å². The lowest BCUT2D eigenvalue weighted by Crippen LogP contribution is -2.09. The maximum Gasteiger partial charge on any atom is 0.124 e. The quantitative estimate of drug-likeness (QED) is 0.840. The molecule has 0 saturated carbocycles. The van der Waals surface area contributed by atoms with Crippen molar-refractivity contribution in [2.24, 2.45) is 0 Å². The summed E-state index contributed by atoms with van der Waals surface area (Å²) in [4.78, 5) is 0. The molecule has 0 saturated heterocycles. The second-order valence-corrected chi connectivity index (χ2v) is 5.59. The third-order valence-corrected chi connectivity index (χ3v) is 3.81. The van der Waals surface area contributed by atoms with Gasteiger partial charge in [0.1, 0.15) is 11.6 Å². The molecular weight excluding hydrogens is 321 g/mol. The molecule has 0 heterocycles. The summed E-state index contributed by atoms with van der Waals surface area (Å²) in [6.45, 7) is 4.07. The highest BCUT2D eigenvalue weighted by molar-refractivity contribution is 9.10. The number of rotatable bonds is 4. The molecule has 0 aliphatic rings. The van der Waals surface area contributed by atoms with Gasteiger partial charge in [-0.25, -0.2) is 4.39 Å². The Hall–Kier alpha value is -1.55. The van der Waals surface area contributed by atoms with Crippen molar-refractivity contribution >= 4 is 21.6 Å². The SMILES string of the molecule is COc1cc(C)ccc1C(C)Nc1ccc(F)cc1Br. The monoisotopic (exact) mass is 337 g/mol. The molecule has 1 N–H and O–H groups in total. The zero-order valence-corrected chi connectivity index (χ0v) is 13.3. The first-order valence-corrected chi connectivity index (χ1v) is 7.16. The number of hydrogen-bond acceptors (Lipinski definition) is 2. The molecule has 0 radical (unpaired) electrons. The molecule has 2 aromatic carbocycles. The van der Waals surface area contributed by atoms with Gasteiger partial charge in [-0.1, -0.05) is 12.1 Å². The molecule has 0 aliphatic carbocycles. The number of anilines is 1. The lowest BCUT2D eigenvalue weighted by Gasteiger charge is -2.19. The molecule has 0 bridgehead atoms. The first-order valence-electron chi connectivity index (χ1n) is 6.37. The molecular formula is C16H17BrFNO. The summed E-state index contributed by atoms with van der Waals surface area (Å²) in [6, 6.07) is 10.8. The topological polar surface area (TPSA) is 21.3 Å². The minimum Gasteiger partial charge on any atom is -0.496 e. The van der Waals surface area contributed by atoms with Gasteiger partial charge >= 0.3 is 0 Å². The van der Waals surface area contributed by atoms with Gasteiger partial charge in [-0.05, 0) is 59.6 Å². The molecule has 1 unspecified atom stereocenters. The summed E-state index contributed by atoms with van der Waals surface area (Å²) in [5.74, 6) is 0.589. The van der Waals surface area contributed by atoms with Gasteiger partial charge in [0.25, 0.3) is 0 Å². The second kappa shape index (κ2) is 6.27. The number of ether oxygens (including phenoxy) is 1. The Kier molecular flexibility index (Phi) is 4.65. The van der Waals surface area contributed by atoms with Crippen molar-refractivity contribution in [1.82, 2.24) is 0 Å². The van der Waals surface area contributed by atoms with Gasteiger partial charge in [-0.3, -0.25) is 0 Å². The smallest absolute Gasteiger partial charge is 0.124 e. The molecule has 4 heteroatoms. The van der Waals surface area contributed by atoms with E-state index in [0.29, 0.717) is 4.47 Å². The summed E-state index contributed by atoms with van der Waals surface area (Å²) in [5.41, 5.74) is 3.07. The van der Waals surface area contributed by atoms with Crippen LogP contribution in [-0.2, 0) is 0 Å². The van der Waals surface area contributed by atoms with Crippen LogP contribution in [-0.4, -0.2) is 7.11 Å². The fourth-order valence-electron chi connectivity index (χ4n) is 2.09. The molecule has 2 aromatic rings. The lowest BCUT2D eigenvalue weighted by atomic mass is 10.0. The number of aryl methyl sites for hydroxylation is 1. The predicted molar refractivity (Wildman–Crippen MR) is 83.9 cm³/mol. The molecule has 0 aromatic heterocycles. The standard InChI is InChI=1S/C16H17BrFNO/c1-10-4-6-13(16(8-10)20-3)11(2)19-15-7-5-12(18)9-14(15)17/h4-9,11,19H,1-3H3. The Balaban J connectivity index is 2.25. The molecule has 2 rings (SSSR count). The van der Waals surface area contributed by atoms with Crippen LogP contribution < -0.4 is 10.1 Å². The normalized spacial score (nSPS) is 12.1. The fraction of sp³-hybridized carbons (Fsp3) is 0.250. The van der Waals surface area contributed by atoms with Gasteiger partial charge in [0.05, 0.1) is 13.2 Å². The van der Waals surface area contributed by atoms with Crippen molar-refractivity contribution in [2.75, 3.05) is 12.4 Å². The van der Waals surface area contributed by atoms with Crippen molar-refractivity contribution < 1.29 is 9.13 Å². The summed E-state index contributed by atoms with van der Waals surface area (Å²) >= 11 is 3.36. The highest BCUT2D eigenvalue weighted by Crippen LogP contribution is 2.31. The van der Waals surface area contributed by atoms with Gasteiger partial charge in [0.15, 0.2) is 0 Å². The third-order valence-electron chi connectivity index (χ3n) is 3.16. The van der Waals surface area contributed by atoms with E-state index in [-0.39, 0.29) is 11.9 Å². The zero-order chi connectivity index (χ0) is 14.7. The highest BCUT2D eigenvalue weighted by atomic mass is 79.9. The maximum atomic E-state index is 13.1. The number of methoxy groups -OCH3 is 1. The van der Waals surface area contributed by atoms with Gasteiger partial charge in [0.2, 0.25) is 0 Å². The molecule has 0 fully saturated rings. The van der Waals surface area contributed by atoms with Gasteiger partial charge in [-0.15, -0.1) is 0 Å². The molecule has 1 atom stereocenters. The summed E-state index contributed by atoms with van der Waals surface area (Å²) in [6.07, 6.45) is 0. The van der Waals surface area contributed by atoms with Crippen molar-refractivity contribution in [1.29, 1.82) is 0 Å². The first kappa shape index (κ1) is 14.9. The minimum absolute atomic E-state index is 0.0484. The van der Waals surface area contributed by atoms with Crippen molar-refractivity contribution in [3.63, 3.8) is 0 Å². The van der Waals surface area contributed by atoms with Crippen molar-refractivity contribution in [3.8, 4) is 5.75 Å². The predicted octanol–water partition coefficient (Wildman–Crippen LogP) is 5.08. The number of nitrogens with one attached hydrogen (secondary N) is 1. The van der Waals surface area contributed by atoms with Gasteiger partial charge in [0, 0.05) is 15.7 Å². The van der Waals surface area contributed by atoms with Gasteiger partial charge < -0.3 is 10.1 Å². The number of benzene rings is 2. The molecule has 2 nitrogen and oxygen atoms in total. The van der Waals surface area contributed by atoms with E-state index in [4.69, 9.17) is 4.74 Å². The van der Waals surface area contributed by atoms with Crippen LogP contribution in [0.25, 0.3) is 0 Å². The Bertz CT molecular complexity index is 615. The van der Waals surface area contributed by atoms with Crippen molar-refractivity contribution in [3.05, 3.63) is 57.8 Å². The van der Waals surface area contributed by atoms with E-state index in [1.54, 1.807) is 13.2 Å². The number of hydrogen-bond donors (Lipinski definition) is 1. The van der Waals surface area contributed by atoms with E-state index in [1.165, 1.54) is 12.1 Å². The summed E-state index contributed by atoms with van der Waals surface area (Å²) in [7, 11) is 1.67. The molecule has 20 heavy (non-hydrogen) atoms. The van der Waals surface area contributed by atoms with E-state index in [9.17, 15) is 4.39 Å². The Morgan fingerprint density at radius 3 is 2.60 bits per heavy atom. The van der Waals surface area contributed by atoms with Crippen LogP contribution in [0.5, 0.6) is 5.75 Å². The van der Waals surface area contributed by atoms with E-state index in [0.717, 1.165) is 22.6 Å². The van der Waals surface area contributed by atoms with Crippen LogP contribution >= 0.6 is 15.9 Å². The van der Waals surface area contributed by atoms with Crippen LogP contribution in [0.15, 0.2) is 40.9 Å². The third kappa shape index (κ3) is 3.31. The molecule has 106 valence electrons. The Morgan fingerprint density at radius 2 is 1.95 bits per heavy atom. The van der Waals surface area contributed by atoms with E-state index in [2.05, 4.69) is 27.3 Å². The van der Waals surface area contributed by atoms with Crippen LogP contribution in [0.3, 0.4) is 0 Å². The van der Waals surface area contributed by atoms with E-state index >= 15 is 0 Å². The zero-order valence-electron chi connectivity index (χ0n) is 11.7. The Morgan fingerprint density at radius 1 is 1.20 bits per heavy atom. The average molecular weight is 338 g/mol. The van der Waals surface area contributed by atoms with E-state index < -0.39 is 0 Å². The lowest BCUT2D eigenvalue weighted by molar-refractivity contribution is 0.407. The molecule has 0 aliphatic heterocycles. The van der Waals surface area contributed by atoms with Crippen molar-refractivity contribution in [2.45, 2.75) is 19.9 Å². The van der Waals surface area contributed by atoms with Crippen LogP contribution in [0, 0.1) is 12.7 Å². The minimum atomic E-state index is -0.261. The van der Waals surface area contributed by atoms with Crippen LogP contribution in [0.1, 0.15) is 24.1 Å². The molecule has 0 amide bonds. The number of halogens is 2. The largest absolute Gasteiger partial charge is 0.496 e. The highest BCUT2D eigenvalue weighted by Gasteiger charge is 2.13. The first-order chi connectivity index (χ1) is 9.51. The maximum absolute atomic E-state index is 13.1. The van der Waals surface area contributed by atoms with Crippen LogP contribution in [0.2, 0.25) is 0 Å². The molecule has 0 spiro atoms. The average Bonchev–Trinajstić information content (AvgIpc) is 2.41. The van der Waals surface area contributed by atoms with E-state index in [1.807, 2.05) is 26.0 Å². The summed E-state index contributed by atoms with van der Waals surface area (Å²) < 4.78 is 19.2. The van der Waals surface area contributed by atoms with Crippen LogP contribution in [0.4, 0.5) is 10.1 Å². The Labute approximate surface area is 127 Å². The fourth-order valence-corrected chi connectivity index (χ4v) is 2.56. The summed E-state index contributed by atoms with van der Waals surface area (Å²) in [5, 5.41) is 3.35. The second-order valence-electron chi connectivity index (χ2n) is 4.74.